The molecule has 4 heteroatoms. The minimum absolute atomic E-state index is 0.355. The van der Waals surface area contributed by atoms with Gasteiger partial charge in [-0.2, -0.15) is 0 Å². The van der Waals surface area contributed by atoms with Crippen LogP contribution in [0.15, 0.2) is 22.7 Å². The number of ether oxygens (including phenoxy) is 2. The van der Waals surface area contributed by atoms with Crippen molar-refractivity contribution in [2.45, 2.75) is 26.4 Å². The zero-order valence-corrected chi connectivity index (χ0v) is 13.1. The highest BCUT2D eigenvalue weighted by molar-refractivity contribution is 9.10. The lowest BCUT2D eigenvalue weighted by atomic mass is 10.0. The zero-order valence-electron chi connectivity index (χ0n) is 11.5. The maximum absolute atomic E-state index is 5.24. The third-order valence-electron chi connectivity index (χ3n) is 2.96. The summed E-state index contributed by atoms with van der Waals surface area (Å²) < 4.78 is 11.6. The van der Waals surface area contributed by atoms with E-state index in [-0.39, 0.29) is 0 Å². The Balaban J connectivity index is 2.66. The quantitative estimate of drug-likeness (QED) is 0.838. The number of halogens is 1. The molecular formula is C14H22BrNO2. The van der Waals surface area contributed by atoms with Crippen LogP contribution < -0.4 is 10.1 Å². The predicted molar refractivity (Wildman–Crippen MR) is 78.0 cm³/mol. The predicted octanol–water partition coefficient (Wildman–Crippen LogP) is 3.22. The summed E-state index contributed by atoms with van der Waals surface area (Å²) in [7, 11) is 3.42. The lowest BCUT2D eigenvalue weighted by Crippen LogP contribution is -2.37. The van der Waals surface area contributed by atoms with Gasteiger partial charge in [0.15, 0.2) is 0 Å². The summed E-state index contributed by atoms with van der Waals surface area (Å²) in [5, 5.41) is 3.52. The lowest BCUT2D eigenvalue weighted by molar-refractivity contribution is 0.146. The van der Waals surface area contributed by atoms with E-state index in [1.807, 2.05) is 18.2 Å². The molecule has 1 rings (SSSR count). The first-order chi connectivity index (χ1) is 8.58. The maximum atomic E-state index is 5.24. The zero-order chi connectivity index (χ0) is 13.5. The summed E-state index contributed by atoms with van der Waals surface area (Å²) in [6, 6.07) is 6.36. The Kier molecular flexibility index (Phi) is 6.68. The molecule has 1 atom stereocenters. The number of nitrogens with one attached hydrogen (secondary N) is 1. The van der Waals surface area contributed by atoms with E-state index in [9.17, 15) is 0 Å². The minimum atomic E-state index is 0.355. The SMILES string of the molecule is COCC(NCc1cc(OC)ccc1Br)C(C)C. The summed E-state index contributed by atoms with van der Waals surface area (Å²) in [6.45, 7) is 5.90. The van der Waals surface area contributed by atoms with Gasteiger partial charge in [0.2, 0.25) is 0 Å². The molecule has 18 heavy (non-hydrogen) atoms. The van der Waals surface area contributed by atoms with Crippen LogP contribution in [0.2, 0.25) is 0 Å². The average Bonchev–Trinajstić information content (AvgIpc) is 2.35. The molecule has 0 fully saturated rings. The number of rotatable bonds is 7. The molecule has 1 aromatic rings. The third-order valence-corrected chi connectivity index (χ3v) is 3.73. The molecule has 1 aromatic carbocycles. The van der Waals surface area contributed by atoms with E-state index in [1.54, 1.807) is 14.2 Å². The molecule has 0 amide bonds. The molecular weight excluding hydrogens is 294 g/mol. The largest absolute Gasteiger partial charge is 0.497 e. The molecule has 0 spiro atoms. The van der Waals surface area contributed by atoms with Crippen LogP contribution in [0.5, 0.6) is 5.75 Å². The van der Waals surface area contributed by atoms with Crippen LogP contribution in [0.3, 0.4) is 0 Å². The molecule has 0 saturated carbocycles. The van der Waals surface area contributed by atoms with Crippen molar-refractivity contribution in [1.29, 1.82) is 0 Å². The van der Waals surface area contributed by atoms with E-state index >= 15 is 0 Å². The van der Waals surface area contributed by atoms with Crippen LogP contribution in [-0.4, -0.2) is 26.9 Å². The van der Waals surface area contributed by atoms with Gasteiger partial charge in [0.05, 0.1) is 13.7 Å². The Hall–Kier alpha value is -0.580. The number of hydrogen-bond acceptors (Lipinski definition) is 3. The molecule has 0 aliphatic heterocycles. The van der Waals surface area contributed by atoms with Crippen molar-refractivity contribution in [3.05, 3.63) is 28.2 Å². The van der Waals surface area contributed by atoms with Crippen molar-refractivity contribution in [2.75, 3.05) is 20.8 Å². The molecule has 0 aliphatic carbocycles. The van der Waals surface area contributed by atoms with Gasteiger partial charge in [-0.3, -0.25) is 0 Å². The molecule has 0 saturated heterocycles. The van der Waals surface area contributed by atoms with E-state index in [0.717, 1.165) is 23.4 Å². The number of benzene rings is 1. The topological polar surface area (TPSA) is 30.5 Å². The summed E-state index contributed by atoms with van der Waals surface area (Å²) in [5.74, 6) is 1.41. The highest BCUT2D eigenvalue weighted by Crippen LogP contribution is 2.22. The first-order valence-corrected chi connectivity index (χ1v) is 6.92. The van der Waals surface area contributed by atoms with Crippen molar-refractivity contribution >= 4 is 15.9 Å². The van der Waals surface area contributed by atoms with Gasteiger partial charge in [-0.05, 0) is 29.7 Å². The summed E-state index contributed by atoms with van der Waals surface area (Å²) in [4.78, 5) is 0. The van der Waals surface area contributed by atoms with E-state index in [2.05, 4.69) is 35.1 Å². The standard InChI is InChI=1S/C14H22BrNO2/c1-10(2)14(9-17-3)16-8-11-7-12(18-4)5-6-13(11)15/h5-7,10,14,16H,8-9H2,1-4H3. The fourth-order valence-corrected chi connectivity index (χ4v) is 2.11. The fourth-order valence-electron chi connectivity index (χ4n) is 1.72. The first-order valence-electron chi connectivity index (χ1n) is 6.13. The van der Waals surface area contributed by atoms with Crippen LogP contribution >= 0.6 is 15.9 Å². The second kappa shape index (κ2) is 7.77. The Morgan fingerprint density at radius 2 is 2.00 bits per heavy atom. The molecule has 0 radical (unpaired) electrons. The van der Waals surface area contributed by atoms with Gasteiger partial charge >= 0.3 is 0 Å². The smallest absolute Gasteiger partial charge is 0.119 e. The van der Waals surface area contributed by atoms with Crippen molar-refractivity contribution < 1.29 is 9.47 Å². The van der Waals surface area contributed by atoms with Gasteiger partial charge < -0.3 is 14.8 Å². The summed E-state index contributed by atoms with van der Waals surface area (Å²) in [6.07, 6.45) is 0. The molecule has 1 unspecified atom stereocenters. The maximum Gasteiger partial charge on any atom is 0.119 e. The monoisotopic (exact) mass is 315 g/mol. The molecule has 102 valence electrons. The lowest BCUT2D eigenvalue weighted by Gasteiger charge is -2.22. The molecule has 0 heterocycles. The van der Waals surface area contributed by atoms with E-state index in [4.69, 9.17) is 9.47 Å². The Morgan fingerprint density at radius 3 is 2.56 bits per heavy atom. The van der Waals surface area contributed by atoms with Crippen molar-refractivity contribution in [2.24, 2.45) is 5.92 Å². The highest BCUT2D eigenvalue weighted by atomic mass is 79.9. The van der Waals surface area contributed by atoms with Gasteiger partial charge in [-0.1, -0.05) is 29.8 Å². The molecule has 1 N–H and O–H groups in total. The summed E-state index contributed by atoms with van der Waals surface area (Å²) >= 11 is 3.56. The number of methoxy groups -OCH3 is 2. The van der Waals surface area contributed by atoms with Crippen LogP contribution in [0.4, 0.5) is 0 Å². The van der Waals surface area contributed by atoms with Crippen molar-refractivity contribution in [1.82, 2.24) is 5.32 Å². The Labute approximate surface area is 118 Å². The highest BCUT2D eigenvalue weighted by Gasteiger charge is 2.13. The van der Waals surface area contributed by atoms with E-state index in [1.165, 1.54) is 5.56 Å². The minimum Gasteiger partial charge on any atom is -0.497 e. The third kappa shape index (κ3) is 4.59. The van der Waals surface area contributed by atoms with Crippen molar-refractivity contribution in [3.8, 4) is 5.75 Å². The van der Waals surface area contributed by atoms with E-state index in [0.29, 0.717) is 12.0 Å². The van der Waals surface area contributed by atoms with Gasteiger partial charge in [0.1, 0.15) is 5.75 Å². The first kappa shape index (κ1) is 15.5. The fraction of sp³-hybridized carbons (Fsp3) is 0.571. The van der Waals surface area contributed by atoms with Crippen LogP contribution in [0, 0.1) is 5.92 Å². The van der Waals surface area contributed by atoms with Gasteiger partial charge in [0, 0.05) is 24.2 Å². The van der Waals surface area contributed by atoms with E-state index < -0.39 is 0 Å². The van der Waals surface area contributed by atoms with Gasteiger partial charge in [0.25, 0.3) is 0 Å². The summed E-state index contributed by atoms with van der Waals surface area (Å²) in [5.41, 5.74) is 1.19. The van der Waals surface area contributed by atoms with Crippen LogP contribution in [0.1, 0.15) is 19.4 Å². The van der Waals surface area contributed by atoms with Gasteiger partial charge in [-0.15, -0.1) is 0 Å². The average molecular weight is 316 g/mol. The second-order valence-corrected chi connectivity index (χ2v) is 5.50. The van der Waals surface area contributed by atoms with Crippen LogP contribution in [0.25, 0.3) is 0 Å². The molecule has 0 aliphatic rings. The second-order valence-electron chi connectivity index (χ2n) is 4.64. The normalized spacial score (nSPS) is 12.8. The Morgan fingerprint density at radius 1 is 1.28 bits per heavy atom. The molecule has 0 aromatic heterocycles. The number of hydrogen-bond donors (Lipinski definition) is 1. The van der Waals surface area contributed by atoms with Gasteiger partial charge in [-0.25, -0.2) is 0 Å². The molecule has 3 nitrogen and oxygen atoms in total. The Bertz CT molecular complexity index is 369. The van der Waals surface area contributed by atoms with Crippen molar-refractivity contribution in [3.63, 3.8) is 0 Å². The van der Waals surface area contributed by atoms with Crippen LogP contribution in [-0.2, 0) is 11.3 Å². The molecule has 0 bridgehead atoms.